The zero-order chi connectivity index (χ0) is 17.5. The van der Waals surface area contributed by atoms with Crippen LogP contribution in [0, 0.1) is 22.7 Å². The zero-order valence-corrected chi connectivity index (χ0v) is 12.6. The van der Waals surface area contributed by atoms with E-state index in [1.165, 1.54) is 4.90 Å². The van der Waals surface area contributed by atoms with Crippen molar-refractivity contribution < 1.29 is 18.0 Å². The van der Waals surface area contributed by atoms with E-state index in [0.717, 1.165) is 0 Å². The van der Waals surface area contributed by atoms with Crippen LogP contribution in [-0.4, -0.2) is 44.5 Å². The molecule has 124 valence electrons. The van der Waals surface area contributed by atoms with Crippen molar-refractivity contribution in [2.45, 2.75) is 24.2 Å². The summed E-state index contributed by atoms with van der Waals surface area (Å²) in [6.07, 6.45) is -4.56. The molecule has 0 bridgehead atoms. The Morgan fingerprint density at radius 1 is 1.26 bits per heavy atom. The Morgan fingerprint density at radius 3 is 2.26 bits per heavy atom. The molecule has 0 aliphatic carbocycles. The summed E-state index contributed by atoms with van der Waals surface area (Å²) in [6, 6.07) is 3.75. The summed E-state index contributed by atoms with van der Waals surface area (Å²) in [5.74, 6) is 3.22. The molecular weight excluding hydrogens is 335 g/mol. The van der Waals surface area contributed by atoms with Crippen molar-refractivity contribution >= 4 is 17.7 Å². The van der Waals surface area contributed by atoms with Crippen molar-refractivity contribution in [3.8, 4) is 12.1 Å². The van der Waals surface area contributed by atoms with Crippen LogP contribution in [-0.2, 0) is 11.0 Å². The van der Waals surface area contributed by atoms with Gasteiger partial charge in [0.25, 0.3) is 5.82 Å². The average molecular weight is 347 g/mol. The number of rotatable bonds is 7. The second-order valence-electron chi connectivity index (χ2n) is 4.16. The fourth-order valence-electron chi connectivity index (χ4n) is 1.52. The lowest BCUT2D eigenvalue weighted by Gasteiger charge is -2.19. The molecule has 0 atom stereocenters. The highest BCUT2D eigenvalue weighted by atomic mass is 32.2. The fraction of sp³-hybridized carbons (Fsp3) is 0.545. The maximum Gasteiger partial charge on any atom is 0.453 e. The molecule has 0 fully saturated rings. The number of nitriles is 2. The lowest BCUT2D eigenvalue weighted by Crippen LogP contribution is -2.34. The third-order valence-corrected chi connectivity index (χ3v) is 3.51. The molecule has 0 aliphatic heterocycles. The molecule has 0 aliphatic rings. The van der Waals surface area contributed by atoms with Gasteiger partial charge in [0.1, 0.15) is 0 Å². The molecular formula is C11H12F3N7OS. The van der Waals surface area contributed by atoms with Crippen LogP contribution in [0.5, 0.6) is 0 Å². The summed E-state index contributed by atoms with van der Waals surface area (Å²) in [5.41, 5.74) is 0. The van der Waals surface area contributed by atoms with Gasteiger partial charge in [0, 0.05) is 13.1 Å². The van der Waals surface area contributed by atoms with Crippen molar-refractivity contribution in [1.29, 1.82) is 10.5 Å². The van der Waals surface area contributed by atoms with Gasteiger partial charge >= 0.3 is 6.18 Å². The highest BCUT2D eigenvalue weighted by Crippen LogP contribution is 2.28. The number of nitrogen functional groups attached to an aromatic ring is 1. The molecule has 1 heterocycles. The molecule has 1 aromatic rings. The van der Waals surface area contributed by atoms with Crippen molar-refractivity contribution in [2.24, 2.45) is 0 Å². The lowest BCUT2D eigenvalue weighted by atomic mass is 10.3. The van der Waals surface area contributed by atoms with Crippen molar-refractivity contribution in [3.63, 3.8) is 0 Å². The summed E-state index contributed by atoms with van der Waals surface area (Å²) in [5, 5.41) is 23.1. The third kappa shape index (κ3) is 5.34. The molecule has 1 aromatic heterocycles. The number of carbonyl (C=O) groups excluding carboxylic acids is 1. The number of halogens is 3. The number of aromatic nitrogens is 3. The second-order valence-corrected chi connectivity index (χ2v) is 5.10. The van der Waals surface area contributed by atoms with Gasteiger partial charge in [-0.05, 0) is 0 Å². The third-order valence-electron chi connectivity index (χ3n) is 2.58. The Bertz CT molecular complexity index is 613. The van der Waals surface area contributed by atoms with E-state index in [1.807, 2.05) is 12.1 Å². The zero-order valence-electron chi connectivity index (χ0n) is 11.7. The van der Waals surface area contributed by atoms with E-state index < -0.39 is 17.9 Å². The summed E-state index contributed by atoms with van der Waals surface area (Å²) in [7, 11) is 0. The minimum absolute atomic E-state index is 0.0904. The van der Waals surface area contributed by atoms with E-state index in [-0.39, 0.29) is 41.5 Å². The molecule has 1 rings (SSSR count). The first-order valence-electron chi connectivity index (χ1n) is 6.23. The summed E-state index contributed by atoms with van der Waals surface area (Å²) >= 11 is 0.695. The quantitative estimate of drug-likeness (QED) is 0.570. The van der Waals surface area contributed by atoms with Gasteiger partial charge in [0.05, 0.1) is 30.7 Å². The molecule has 0 saturated carbocycles. The standard InChI is InChI=1S/C11H12F3N7OS/c12-11(13,14)9-18-19-10(21(9)17)23-7-8(22)20(5-1-3-15)6-2-4-16/h1-2,5-7,17H2. The van der Waals surface area contributed by atoms with E-state index in [1.54, 1.807) is 0 Å². The van der Waals surface area contributed by atoms with Gasteiger partial charge < -0.3 is 10.7 Å². The molecule has 0 unspecified atom stereocenters. The molecule has 0 aromatic carbocycles. The summed E-state index contributed by atoms with van der Waals surface area (Å²) < 4.78 is 37.8. The number of amides is 1. The minimum atomic E-state index is -4.74. The number of hydrogen-bond donors (Lipinski definition) is 1. The van der Waals surface area contributed by atoms with E-state index in [4.69, 9.17) is 16.4 Å². The number of carbonyl (C=O) groups is 1. The monoisotopic (exact) mass is 347 g/mol. The van der Waals surface area contributed by atoms with Crippen molar-refractivity contribution in [1.82, 2.24) is 19.8 Å². The molecule has 8 nitrogen and oxygen atoms in total. The van der Waals surface area contributed by atoms with Crippen LogP contribution in [0.3, 0.4) is 0 Å². The van der Waals surface area contributed by atoms with Gasteiger partial charge in [0.15, 0.2) is 0 Å². The van der Waals surface area contributed by atoms with Crippen LogP contribution in [0.4, 0.5) is 13.2 Å². The van der Waals surface area contributed by atoms with Gasteiger partial charge in [-0.15, -0.1) is 10.2 Å². The Hall–Kier alpha value is -2.47. The molecule has 1 amide bonds. The van der Waals surface area contributed by atoms with E-state index in [9.17, 15) is 18.0 Å². The van der Waals surface area contributed by atoms with Crippen LogP contribution < -0.4 is 5.84 Å². The highest BCUT2D eigenvalue weighted by molar-refractivity contribution is 7.99. The Balaban J connectivity index is 2.69. The Kier molecular flexibility index (Phi) is 6.65. The van der Waals surface area contributed by atoms with Crippen LogP contribution in [0.25, 0.3) is 0 Å². The minimum Gasteiger partial charge on any atom is -0.340 e. The summed E-state index contributed by atoms with van der Waals surface area (Å²) in [4.78, 5) is 13.3. The van der Waals surface area contributed by atoms with Gasteiger partial charge in [0.2, 0.25) is 11.1 Å². The van der Waals surface area contributed by atoms with E-state index in [0.29, 0.717) is 11.8 Å². The first-order chi connectivity index (χ1) is 10.8. The van der Waals surface area contributed by atoms with Crippen molar-refractivity contribution in [2.75, 3.05) is 24.7 Å². The van der Waals surface area contributed by atoms with Gasteiger partial charge in [-0.2, -0.15) is 23.7 Å². The van der Waals surface area contributed by atoms with Crippen LogP contribution >= 0.6 is 11.8 Å². The average Bonchev–Trinajstić information content (AvgIpc) is 2.86. The van der Waals surface area contributed by atoms with Crippen LogP contribution in [0.1, 0.15) is 18.7 Å². The Morgan fingerprint density at radius 2 is 1.83 bits per heavy atom. The normalized spacial score (nSPS) is 10.8. The maximum absolute atomic E-state index is 12.5. The molecule has 23 heavy (non-hydrogen) atoms. The molecule has 2 N–H and O–H groups in total. The first-order valence-corrected chi connectivity index (χ1v) is 7.22. The summed E-state index contributed by atoms with van der Waals surface area (Å²) in [6.45, 7) is 0.279. The number of hydrogen-bond acceptors (Lipinski definition) is 7. The van der Waals surface area contributed by atoms with E-state index in [2.05, 4.69) is 10.2 Å². The fourth-order valence-corrected chi connectivity index (χ4v) is 2.28. The van der Waals surface area contributed by atoms with Gasteiger partial charge in [-0.1, -0.05) is 11.8 Å². The Labute approximate surface area is 133 Å². The number of alkyl halides is 3. The topological polar surface area (TPSA) is 125 Å². The van der Waals surface area contributed by atoms with E-state index >= 15 is 0 Å². The molecule has 0 saturated heterocycles. The van der Waals surface area contributed by atoms with Crippen molar-refractivity contribution in [3.05, 3.63) is 5.82 Å². The molecule has 0 spiro atoms. The number of nitrogens with two attached hydrogens (primary N) is 1. The van der Waals surface area contributed by atoms with Crippen LogP contribution in [0.2, 0.25) is 0 Å². The second kappa shape index (κ2) is 8.24. The van der Waals surface area contributed by atoms with Gasteiger partial charge in [-0.3, -0.25) is 4.79 Å². The lowest BCUT2D eigenvalue weighted by molar-refractivity contribution is -0.146. The smallest absolute Gasteiger partial charge is 0.340 e. The first kappa shape index (κ1) is 18.6. The maximum atomic E-state index is 12.5. The highest BCUT2D eigenvalue weighted by Gasteiger charge is 2.38. The van der Waals surface area contributed by atoms with Gasteiger partial charge in [-0.25, -0.2) is 4.68 Å². The number of thioether (sulfide) groups is 1. The predicted molar refractivity (Wildman–Crippen MR) is 72.9 cm³/mol. The largest absolute Gasteiger partial charge is 0.453 e. The number of nitrogens with zero attached hydrogens (tertiary/aromatic N) is 6. The van der Waals surface area contributed by atoms with Crippen LogP contribution in [0.15, 0.2) is 5.16 Å². The SMILES string of the molecule is N#CCCN(CCC#N)C(=O)CSc1nnc(C(F)(F)F)n1N. The predicted octanol–water partition coefficient (Wildman–Crippen LogP) is 0.759. The molecule has 12 heteroatoms. The molecule has 0 radical (unpaired) electrons.